The lowest BCUT2D eigenvalue weighted by Gasteiger charge is -2.40. The molecule has 1 aliphatic rings. The highest BCUT2D eigenvalue weighted by atomic mass is 32.1. The smallest absolute Gasteiger partial charge is 0.178 e. The minimum atomic E-state index is -0.254. The summed E-state index contributed by atoms with van der Waals surface area (Å²) in [4.78, 5) is 3.04. The molecule has 0 aliphatic heterocycles. The summed E-state index contributed by atoms with van der Waals surface area (Å²) in [5.41, 5.74) is 1.58. The Morgan fingerprint density at radius 1 is 1.50 bits per heavy atom. The molecule has 1 fully saturated rings. The van der Waals surface area contributed by atoms with Crippen LogP contribution in [-0.4, -0.2) is 22.3 Å². The fourth-order valence-electron chi connectivity index (χ4n) is 2.58. The van der Waals surface area contributed by atoms with Crippen LogP contribution in [0, 0.1) is 10.6 Å². The standard InChI is InChI=1S/C13H15FN2OS/c1-17-13(5-2-6-13)8-16-11-4-3-9(14)7-10(11)15-12(16)18/h3-4,7H,2,5-6,8H2,1H3,(H,15,18). The number of nitrogens with zero attached hydrogens (tertiary/aromatic N) is 1. The molecule has 5 heteroatoms. The number of H-pyrrole nitrogens is 1. The first-order valence-electron chi connectivity index (χ1n) is 6.07. The SMILES string of the molecule is COC1(Cn2c(=S)[nH]c3cc(F)ccc32)CCC1. The Bertz CT molecular complexity index is 636. The Kier molecular flexibility index (Phi) is 2.75. The van der Waals surface area contributed by atoms with Gasteiger partial charge < -0.3 is 14.3 Å². The van der Waals surface area contributed by atoms with E-state index in [0.29, 0.717) is 4.77 Å². The molecule has 3 rings (SSSR count). The number of fused-ring (bicyclic) bond motifs is 1. The normalized spacial score (nSPS) is 17.9. The van der Waals surface area contributed by atoms with E-state index < -0.39 is 0 Å². The number of halogens is 1. The van der Waals surface area contributed by atoms with E-state index in [4.69, 9.17) is 17.0 Å². The van der Waals surface area contributed by atoms with E-state index in [1.807, 2.05) is 4.57 Å². The molecule has 3 nitrogen and oxygen atoms in total. The second-order valence-corrected chi connectivity index (χ2v) is 5.31. The molecule has 1 heterocycles. The van der Waals surface area contributed by atoms with Crippen LogP contribution in [0.4, 0.5) is 4.39 Å². The van der Waals surface area contributed by atoms with Gasteiger partial charge in [-0.3, -0.25) is 0 Å². The number of benzene rings is 1. The average Bonchev–Trinajstić information content (AvgIpc) is 2.59. The monoisotopic (exact) mass is 266 g/mol. The van der Waals surface area contributed by atoms with Crippen LogP contribution in [0.15, 0.2) is 18.2 Å². The maximum atomic E-state index is 13.2. The molecule has 0 saturated heterocycles. The van der Waals surface area contributed by atoms with Gasteiger partial charge in [0.25, 0.3) is 0 Å². The third-order valence-corrected chi connectivity index (χ3v) is 4.20. The van der Waals surface area contributed by atoms with Gasteiger partial charge in [-0.15, -0.1) is 0 Å². The predicted molar refractivity (Wildman–Crippen MR) is 70.7 cm³/mol. The van der Waals surface area contributed by atoms with Crippen LogP contribution in [0.3, 0.4) is 0 Å². The van der Waals surface area contributed by atoms with Crippen molar-refractivity contribution < 1.29 is 9.13 Å². The molecule has 1 N–H and O–H groups in total. The molecule has 2 aromatic rings. The molecule has 96 valence electrons. The van der Waals surface area contributed by atoms with Gasteiger partial charge in [0, 0.05) is 7.11 Å². The fourth-order valence-corrected chi connectivity index (χ4v) is 2.85. The third-order valence-electron chi connectivity index (χ3n) is 3.88. The van der Waals surface area contributed by atoms with Crippen molar-refractivity contribution in [3.05, 3.63) is 28.8 Å². The maximum Gasteiger partial charge on any atom is 0.178 e. The van der Waals surface area contributed by atoms with Gasteiger partial charge in [-0.2, -0.15) is 0 Å². The van der Waals surface area contributed by atoms with Crippen LogP contribution in [0.5, 0.6) is 0 Å². The molecule has 1 saturated carbocycles. The number of aromatic nitrogens is 2. The van der Waals surface area contributed by atoms with Crippen molar-refractivity contribution >= 4 is 23.3 Å². The summed E-state index contributed by atoms with van der Waals surface area (Å²) in [6.45, 7) is 0.730. The molecule has 18 heavy (non-hydrogen) atoms. The zero-order valence-corrected chi connectivity index (χ0v) is 11.0. The predicted octanol–water partition coefficient (Wildman–Crippen LogP) is 3.41. The quantitative estimate of drug-likeness (QED) is 0.863. The van der Waals surface area contributed by atoms with Crippen molar-refractivity contribution in [2.75, 3.05) is 7.11 Å². The zero-order valence-electron chi connectivity index (χ0n) is 10.2. The Morgan fingerprint density at radius 3 is 2.89 bits per heavy atom. The second kappa shape index (κ2) is 4.17. The van der Waals surface area contributed by atoms with Gasteiger partial charge in [0.15, 0.2) is 4.77 Å². The maximum absolute atomic E-state index is 13.2. The highest BCUT2D eigenvalue weighted by Crippen LogP contribution is 2.37. The Labute approximate surface area is 110 Å². The Hall–Kier alpha value is -1.20. The van der Waals surface area contributed by atoms with E-state index in [1.54, 1.807) is 13.2 Å². The fraction of sp³-hybridized carbons (Fsp3) is 0.462. The number of hydrogen-bond donors (Lipinski definition) is 1. The number of imidazole rings is 1. The summed E-state index contributed by atoms with van der Waals surface area (Å²) in [6.07, 6.45) is 3.30. The van der Waals surface area contributed by atoms with Crippen LogP contribution in [0.2, 0.25) is 0 Å². The molecule has 0 radical (unpaired) electrons. The van der Waals surface area contributed by atoms with Crippen LogP contribution in [0.1, 0.15) is 19.3 Å². The minimum Gasteiger partial charge on any atom is -0.376 e. The first-order chi connectivity index (χ1) is 8.63. The van der Waals surface area contributed by atoms with Crippen LogP contribution in [-0.2, 0) is 11.3 Å². The Morgan fingerprint density at radius 2 is 2.28 bits per heavy atom. The number of hydrogen-bond acceptors (Lipinski definition) is 2. The third kappa shape index (κ3) is 1.78. The molecular weight excluding hydrogens is 251 g/mol. The number of aromatic amines is 1. The van der Waals surface area contributed by atoms with Crippen molar-refractivity contribution in [1.29, 1.82) is 0 Å². The van der Waals surface area contributed by atoms with Crippen LogP contribution in [0.25, 0.3) is 11.0 Å². The van der Waals surface area contributed by atoms with Gasteiger partial charge in [-0.1, -0.05) is 0 Å². The first kappa shape index (κ1) is 11.9. The van der Waals surface area contributed by atoms with Crippen molar-refractivity contribution in [1.82, 2.24) is 9.55 Å². The molecular formula is C13H15FN2OS. The lowest BCUT2D eigenvalue weighted by molar-refractivity contribution is -0.0830. The largest absolute Gasteiger partial charge is 0.376 e. The molecule has 1 aliphatic carbocycles. The van der Waals surface area contributed by atoms with Gasteiger partial charge in [0.1, 0.15) is 5.82 Å². The van der Waals surface area contributed by atoms with E-state index in [1.165, 1.54) is 18.6 Å². The molecule has 0 spiro atoms. The molecule has 0 amide bonds. The summed E-state index contributed by atoms with van der Waals surface area (Å²) in [5.74, 6) is -0.254. The molecule has 0 atom stereocenters. The first-order valence-corrected chi connectivity index (χ1v) is 6.48. The molecule has 0 bridgehead atoms. The van der Waals surface area contributed by atoms with E-state index in [0.717, 1.165) is 30.4 Å². The zero-order chi connectivity index (χ0) is 12.8. The molecule has 0 unspecified atom stereocenters. The Balaban J connectivity index is 2.06. The molecule has 1 aromatic heterocycles. The number of methoxy groups -OCH3 is 1. The second-order valence-electron chi connectivity index (χ2n) is 4.92. The molecule has 1 aromatic carbocycles. The summed E-state index contributed by atoms with van der Waals surface area (Å²) in [6, 6.07) is 4.70. The van der Waals surface area contributed by atoms with Crippen LogP contribution >= 0.6 is 12.2 Å². The van der Waals surface area contributed by atoms with Crippen molar-refractivity contribution in [2.45, 2.75) is 31.4 Å². The highest BCUT2D eigenvalue weighted by molar-refractivity contribution is 7.71. The summed E-state index contributed by atoms with van der Waals surface area (Å²) in [7, 11) is 1.75. The highest BCUT2D eigenvalue weighted by Gasteiger charge is 2.37. The minimum absolute atomic E-state index is 0.0955. The van der Waals surface area contributed by atoms with Crippen molar-refractivity contribution in [3.8, 4) is 0 Å². The van der Waals surface area contributed by atoms with E-state index in [2.05, 4.69) is 4.98 Å². The average molecular weight is 266 g/mol. The van der Waals surface area contributed by atoms with Gasteiger partial charge in [-0.05, 0) is 49.7 Å². The number of ether oxygens (including phenoxy) is 1. The van der Waals surface area contributed by atoms with Crippen LogP contribution < -0.4 is 0 Å². The van der Waals surface area contributed by atoms with Gasteiger partial charge >= 0.3 is 0 Å². The summed E-state index contributed by atoms with van der Waals surface area (Å²) >= 11 is 5.31. The van der Waals surface area contributed by atoms with Gasteiger partial charge in [0.05, 0.1) is 23.2 Å². The lowest BCUT2D eigenvalue weighted by atomic mass is 9.80. The number of nitrogens with one attached hydrogen (secondary N) is 1. The van der Waals surface area contributed by atoms with E-state index >= 15 is 0 Å². The lowest BCUT2D eigenvalue weighted by Crippen LogP contribution is -2.43. The van der Waals surface area contributed by atoms with Crippen molar-refractivity contribution in [3.63, 3.8) is 0 Å². The van der Waals surface area contributed by atoms with Gasteiger partial charge in [0.2, 0.25) is 0 Å². The van der Waals surface area contributed by atoms with Gasteiger partial charge in [-0.25, -0.2) is 4.39 Å². The number of rotatable bonds is 3. The topological polar surface area (TPSA) is 29.9 Å². The van der Waals surface area contributed by atoms with E-state index in [-0.39, 0.29) is 11.4 Å². The van der Waals surface area contributed by atoms with E-state index in [9.17, 15) is 4.39 Å². The summed E-state index contributed by atoms with van der Waals surface area (Å²) < 4.78 is 21.4. The summed E-state index contributed by atoms with van der Waals surface area (Å²) in [5, 5.41) is 0. The van der Waals surface area contributed by atoms with Crippen molar-refractivity contribution in [2.24, 2.45) is 0 Å².